The number of ether oxygens (including phenoxy) is 2. The molecule has 3 nitrogen and oxygen atoms in total. The molecule has 17 heavy (non-hydrogen) atoms. The molecule has 2 aromatic carbocycles. The molecule has 0 aromatic heterocycles. The Morgan fingerprint density at radius 2 is 1.29 bits per heavy atom. The predicted octanol–water partition coefficient (Wildman–Crippen LogP) is 3.30. The number of hydrogen-bond donors (Lipinski definition) is 0. The van der Waals surface area contributed by atoms with E-state index in [1.807, 2.05) is 24.3 Å². The molecule has 0 aliphatic carbocycles. The Balaban J connectivity index is 2.10. The first-order valence-electron chi connectivity index (χ1n) is 5.19. The summed E-state index contributed by atoms with van der Waals surface area (Å²) in [6, 6.07) is 14.3. The van der Waals surface area contributed by atoms with Gasteiger partial charge in [0.2, 0.25) is 0 Å². The molecule has 0 aliphatic rings. The molecule has 0 unspecified atom stereocenters. The fraction of sp³-hybridized carbons (Fsp3) is 0.0714. The van der Waals surface area contributed by atoms with Crippen LogP contribution >= 0.6 is 0 Å². The van der Waals surface area contributed by atoms with Gasteiger partial charge in [0.25, 0.3) is 0 Å². The normalized spacial score (nSPS) is 9.71. The first kappa shape index (κ1) is 11.2. The summed E-state index contributed by atoms with van der Waals surface area (Å²) in [5.74, 6) is 2.21. The largest absolute Gasteiger partial charge is 0.497 e. The lowest BCUT2D eigenvalue weighted by atomic mass is 10.2. The second-order valence-corrected chi connectivity index (χ2v) is 3.46. The number of benzene rings is 2. The van der Waals surface area contributed by atoms with Gasteiger partial charge in [0.05, 0.1) is 7.11 Å². The van der Waals surface area contributed by atoms with E-state index in [9.17, 15) is 4.79 Å². The Hall–Kier alpha value is -2.29. The minimum atomic E-state index is 0.632. The van der Waals surface area contributed by atoms with Crippen molar-refractivity contribution >= 4 is 6.29 Å². The number of aldehydes is 1. The van der Waals surface area contributed by atoms with Crippen LogP contribution < -0.4 is 9.47 Å². The van der Waals surface area contributed by atoms with Gasteiger partial charge >= 0.3 is 0 Å². The summed E-state index contributed by atoms with van der Waals surface area (Å²) >= 11 is 0. The topological polar surface area (TPSA) is 35.5 Å². The summed E-state index contributed by atoms with van der Waals surface area (Å²) in [6.07, 6.45) is 0.803. The monoisotopic (exact) mass is 228 g/mol. The highest BCUT2D eigenvalue weighted by molar-refractivity contribution is 5.74. The maximum absolute atomic E-state index is 10.5. The lowest BCUT2D eigenvalue weighted by Gasteiger charge is -2.06. The lowest BCUT2D eigenvalue weighted by Crippen LogP contribution is -1.86. The molecular weight excluding hydrogens is 216 g/mol. The summed E-state index contributed by atoms with van der Waals surface area (Å²) in [5, 5.41) is 0. The zero-order chi connectivity index (χ0) is 12.1. The van der Waals surface area contributed by atoms with Gasteiger partial charge in [-0.3, -0.25) is 4.79 Å². The molecule has 0 fully saturated rings. The third-order valence-corrected chi connectivity index (χ3v) is 2.31. The van der Waals surface area contributed by atoms with E-state index in [-0.39, 0.29) is 0 Å². The molecule has 2 aromatic rings. The minimum Gasteiger partial charge on any atom is -0.497 e. The van der Waals surface area contributed by atoms with Crippen molar-refractivity contribution in [2.24, 2.45) is 0 Å². The Labute approximate surface area is 99.6 Å². The first-order chi connectivity index (χ1) is 8.31. The van der Waals surface area contributed by atoms with E-state index < -0.39 is 0 Å². The van der Waals surface area contributed by atoms with Crippen molar-refractivity contribution in [2.75, 3.05) is 7.11 Å². The van der Waals surface area contributed by atoms with Crippen molar-refractivity contribution in [2.45, 2.75) is 0 Å². The van der Waals surface area contributed by atoms with Crippen molar-refractivity contribution in [3.63, 3.8) is 0 Å². The van der Waals surface area contributed by atoms with E-state index in [0.29, 0.717) is 11.3 Å². The van der Waals surface area contributed by atoms with Crippen LogP contribution in [0.5, 0.6) is 17.2 Å². The molecule has 0 amide bonds. The third-order valence-electron chi connectivity index (χ3n) is 2.31. The second-order valence-electron chi connectivity index (χ2n) is 3.46. The van der Waals surface area contributed by atoms with E-state index in [2.05, 4.69) is 0 Å². The van der Waals surface area contributed by atoms with Crippen molar-refractivity contribution in [3.05, 3.63) is 54.1 Å². The molecule has 0 heterocycles. The second kappa shape index (κ2) is 5.16. The molecule has 0 saturated carbocycles. The molecular formula is C14H12O3. The van der Waals surface area contributed by atoms with Crippen LogP contribution in [0.3, 0.4) is 0 Å². The molecule has 0 saturated heterocycles. The van der Waals surface area contributed by atoms with Crippen LogP contribution in [-0.4, -0.2) is 13.4 Å². The molecule has 0 bridgehead atoms. The van der Waals surface area contributed by atoms with Gasteiger partial charge in [0.1, 0.15) is 23.5 Å². The Morgan fingerprint density at radius 3 is 1.76 bits per heavy atom. The first-order valence-corrected chi connectivity index (χ1v) is 5.19. The number of carbonyl (C=O) groups is 1. The van der Waals surface area contributed by atoms with Gasteiger partial charge in [-0.15, -0.1) is 0 Å². The van der Waals surface area contributed by atoms with E-state index in [4.69, 9.17) is 9.47 Å². The van der Waals surface area contributed by atoms with Gasteiger partial charge in [-0.25, -0.2) is 0 Å². The smallest absolute Gasteiger partial charge is 0.150 e. The van der Waals surface area contributed by atoms with Crippen molar-refractivity contribution < 1.29 is 14.3 Å². The van der Waals surface area contributed by atoms with Crippen molar-refractivity contribution in [3.8, 4) is 17.2 Å². The highest BCUT2D eigenvalue weighted by Crippen LogP contribution is 2.23. The number of methoxy groups -OCH3 is 1. The van der Waals surface area contributed by atoms with Gasteiger partial charge in [-0.05, 0) is 48.5 Å². The number of carbonyl (C=O) groups excluding carboxylic acids is 1. The Morgan fingerprint density at radius 1 is 0.824 bits per heavy atom. The molecule has 86 valence electrons. The average molecular weight is 228 g/mol. The van der Waals surface area contributed by atoms with E-state index in [1.54, 1.807) is 31.4 Å². The van der Waals surface area contributed by atoms with Gasteiger partial charge in [-0.1, -0.05) is 0 Å². The van der Waals surface area contributed by atoms with Crippen LogP contribution in [0.4, 0.5) is 0 Å². The summed E-state index contributed by atoms with van der Waals surface area (Å²) in [5.41, 5.74) is 0.632. The van der Waals surface area contributed by atoms with Gasteiger partial charge in [-0.2, -0.15) is 0 Å². The molecule has 0 spiro atoms. The minimum absolute atomic E-state index is 0.632. The summed E-state index contributed by atoms with van der Waals surface area (Å²) in [4.78, 5) is 10.5. The highest BCUT2D eigenvalue weighted by Gasteiger charge is 1.98. The molecule has 0 aliphatic heterocycles. The van der Waals surface area contributed by atoms with E-state index in [0.717, 1.165) is 17.8 Å². The van der Waals surface area contributed by atoms with Gasteiger partial charge < -0.3 is 9.47 Å². The molecule has 2 rings (SSSR count). The highest BCUT2D eigenvalue weighted by atomic mass is 16.5. The lowest BCUT2D eigenvalue weighted by molar-refractivity contribution is 0.112. The fourth-order valence-electron chi connectivity index (χ4n) is 1.39. The average Bonchev–Trinajstić information content (AvgIpc) is 2.40. The maximum Gasteiger partial charge on any atom is 0.150 e. The number of hydrogen-bond acceptors (Lipinski definition) is 3. The zero-order valence-electron chi connectivity index (χ0n) is 9.42. The maximum atomic E-state index is 10.5. The number of rotatable bonds is 4. The molecule has 0 N–H and O–H groups in total. The fourth-order valence-corrected chi connectivity index (χ4v) is 1.39. The van der Waals surface area contributed by atoms with Crippen LogP contribution in [0, 0.1) is 0 Å². The van der Waals surface area contributed by atoms with Crippen molar-refractivity contribution in [1.82, 2.24) is 0 Å². The predicted molar refractivity (Wildman–Crippen MR) is 64.9 cm³/mol. The van der Waals surface area contributed by atoms with Crippen LogP contribution in [-0.2, 0) is 0 Å². The summed E-state index contributed by atoms with van der Waals surface area (Å²) in [7, 11) is 1.62. The van der Waals surface area contributed by atoms with Crippen LogP contribution in [0.2, 0.25) is 0 Å². The summed E-state index contributed by atoms with van der Waals surface area (Å²) in [6.45, 7) is 0. The third kappa shape index (κ3) is 2.84. The SMILES string of the molecule is COc1ccc(Oc2ccc(C=O)cc2)cc1. The standard InChI is InChI=1S/C14H12O3/c1-16-12-6-8-14(9-7-12)17-13-4-2-11(10-15)3-5-13/h2-10H,1H3. The summed E-state index contributed by atoms with van der Waals surface area (Å²) < 4.78 is 10.7. The zero-order valence-corrected chi connectivity index (χ0v) is 9.42. The van der Waals surface area contributed by atoms with Crippen LogP contribution in [0.15, 0.2) is 48.5 Å². The molecule has 0 atom stereocenters. The van der Waals surface area contributed by atoms with E-state index >= 15 is 0 Å². The Bertz CT molecular complexity index is 486. The van der Waals surface area contributed by atoms with Crippen molar-refractivity contribution in [1.29, 1.82) is 0 Å². The van der Waals surface area contributed by atoms with Crippen LogP contribution in [0.1, 0.15) is 10.4 Å². The van der Waals surface area contributed by atoms with Crippen LogP contribution in [0.25, 0.3) is 0 Å². The van der Waals surface area contributed by atoms with E-state index in [1.165, 1.54) is 0 Å². The molecule has 3 heteroatoms. The van der Waals surface area contributed by atoms with Gasteiger partial charge in [0.15, 0.2) is 0 Å². The Kier molecular flexibility index (Phi) is 3.40. The molecule has 0 radical (unpaired) electrons. The van der Waals surface area contributed by atoms with Gasteiger partial charge in [0, 0.05) is 5.56 Å². The quantitative estimate of drug-likeness (QED) is 0.753.